The van der Waals surface area contributed by atoms with Crippen molar-refractivity contribution < 1.29 is 14.3 Å². The lowest BCUT2D eigenvalue weighted by atomic mass is 10.1. The summed E-state index contributed by atoms with van der Waals surface area (Å²) in [6.07, 6.45) is 5.16. The van der Waals surface area contributed by atoms with Crippen molar-refractivity contribution in [3.63, 3.8) is 0 Å². The molecule has 2 N–H and O–H groups in total. The highest BCUT2D eigenvalue weighted by atomic mass is 16.6. The molecule has 1 aliphatic heterocycles. The Morgan fingerprint density at radius 3 is 2.75 bits per heavy atom. The first-order chi connectivity index (χ1) is 13.7. The second-order valence-electron chi connectivity index (χ2n) is 6.64. The van der Waals surface area contributed by atoms with E-state index in [1.165, 1.54) is 0 Å². The molecule has 0 bridgehead atoms. The molecular weight excluding hydrogens is 356 g/mol. The molecule has 28 heavy (non-hydrogen) atoms. The maximum absolute atomic E-state index is 12.2. The average molecular weight is 378 g/mol. The molecule has 0 fully saturated rings. The molecule has 0 aliphatic carbocycles. The largest absolute Gasteiger partial charge is 0.486 e. The molecule has 0 radical (unpaired) electrons. The Labute approximate surface area is 163 Å². The number of benzene rings is 2. The molecule has 1 aliphatic rings. The second kappa shape index (κ2) is 8.04. The molecule has 0 saturated carbocycles. The number of fused-ring (bicyclic) bond motifs is 1. The Bertz CT molecular complexity index is 925. The monoisotopic (exact) mass is 378 g/mol. The summed E-state index contributed by atoms with van der Waals surface area (Å²) in [5.74, 6) is 1.43. The molecule has 3 aromatic rings. The van der Waals surface area contributed by atoms with Crippen LogP contribution in [-0.2, 0) is 0 Å². The molecule has 2 amide bonds. The summed E-state index contributed by atoms with van der Waals surface area (Å²) in [6.45, 7) is 2.72. The minimum Gasteiger partial charge on any atom is -0.486 e. The van der Waals surface area contributed by atoms with Crippen molar-refractivity contribution >= 4 is 6.03 Å². The van der Waals surface area contributed by atoms with E-state index in [0.717, 1.165) is 17.0 Å². The third kappa shape index (κ3) is 4.09. The lowest BCUT2D eigenvalue weighted by Gasteiger charge is -2.26. The van der Waals surface area contributed by atoms with Crippen LogP contribution in [0.5, 0.6) is 11.5 Å². The third-order valence-corrected chi connectivity index (χ3v) is 4.60. The van der Waals surface area contributed by atoms with Gasteiger partial charge in [-0.15, -0.1) is 0 Å². The SMILES string of the molecule is CC(NC(=O)NCC1COc2ccccc2O1)c1ccc(-n2ccnc2)cc1. The number of carbonyl (C=O) groups excluding carboxylic acids is 1. The molecule has 4 rings (SSSR count). The molecule has 2 heterocycles. The highest BCUT2D eigenvalue weighted by Crippen LogP contribution is 2.30. The smallest absolute Gasteiger partial charge is 0.315 e. The van der Waals surface area contributed by atoms with Gasteiger partial charge in [0.25, 0.3) is 0 Å². The predicted octanol–water partition coefficient (Wildman–Crippen LogP) is 3.07. The number of amides is 2. The van der Waals surface area contributed by atoms with Crippen LogP contribution in [0.25, 0.3) is 5.69 Å². The maximum Gasteiger partial charge on any atom is 0.315 e. The maximum atomic E-state index is 12.2. The first-order valence-corrected chi connectivity index (χ1v) is 9.20. The number of aromatic nitrogens is 2. The normalized spacial score (nSPS) is 16.2. The molecular formula is C21H22N4O3. The first kappa shape index (κ1) is 17.9. The van der Waals surface area contributed by atoms with Gasteiger partial charge in [0.1, 0.15) is 6.61 Å². The van der Waals surface area contributed by atoms with Crippen molar-refractivity contribution in [3.05, 3.63) is 72.8 Å². The highest BCUT2D eigenvalue weighted by molar-refractivity contribution is 5.74. The van der Waals surface area contributed by atoms with Gasteiger partial charge in [0.15, 0.2) is 17.6 Å². The Hall–Kier alpha value is -3.48. The van der Waals surface area contributed by atoms with Crippen LogP contribution >= 0.6 is 0 Å². The lowest BCUT2D eigenvalue weighted by Crippen LogP contribution is -2.45. The van der Waals surface area contributed by atoms with Gasteiger partial charge in [0, 0.05) is 18.1 Å². The molecule has 1 aromatic heterocycles. The summed E-state index contributed by atoms with van der Waals surface area (Å²) in [5.41, 5.74) is 2.04. The number of rotatable bonds is 5. The van der Waals surface area contributed by atoms with Crippen molar-refractivity contribution in [2.45, 2.75) is 19.1 Å². The Balaban J connectivity index is 1.27. The quantitative estimate of drug-likeness (QED) is 0.715. The van der Waals surface area contributed by atoms with Crippen molar-refractivity contribution in [1.29, 1.82) is 0 Å². The fraction of sp³-hybridized carbons (Fsp3) is 0.238. The van der Waals surface area contributed by atoms with Gasteiger partial charge in [-0.05, 0) is 36.8 Å². The summed E-state index contributed by atoms with van der Waals surface area (Å²) in [4.78, 5) is 16.3. The predicted molar refractivity (Wildman–Crippen MR) is 105 cm³/mol. The van der Waals surface area contributed by atoms with E-state index in [1.807, 2.05) is 66.2 Å². The van der Waals surface area contributed by atoms with Gasteiger partial charge in [-0.3, -0.25) is 0 Å². The third-order valence-electron chi connectivity index (χ3n) is 4.60. The number of hydrogen-bond acceptors (Lipinski definition) is 4. The van der Waals surface area contributed by atoms with Crippen LogP contribution in [0.2, 0.25) is 0 Å². The highest BCUT2D eigenvalue weighted by Gasteiger charge is 2.21. The van der Waals surface area contributed by atoms with Crippen molar-refractivity contribution in [2.75, 3.05) is 13.2 Å². The van der Waals surface area contributed by atoms with Gasteiger partial charge < -0.3 is 24.7 Å². The molecule has 2 aromatic carbocycles. The minimum atomic E-state index is -0.242. The van der Waals surface area contributed by atoms with E-state index in [9.17, 15) is 4.79 Å². The van der Waals surface area contributed by atoms with Crippen LogP contribution in [0.3, 0.4) is 0 Å². The van der Waals surface area contributed by atoms with Crippen LogP contribution in [0.15, 0.2) is 67.3 Å². The van der Waals surface area contributed by atoms with Crippen LogP contribution in [0.4, 0.5) is 4.79 Å². The van der Waals surface area contributed by atoms with Gasteiger partial charge in [0.2, 0.25) is 0 Å². The number of nitrogens with zero attached hydrogens (tertiary/aromatic N) is 2. The molecule has 2 atom stereocenters. The molecule has 0 saturated heterocycles. The molecule has 0 spiro atoms. The van der Waals surface area contributed by atoms with E-state index in [0.29, 0.717) is 18.9 Å². The summed E-state index contributed by atoms with van der Waals surface area (Å²) in [5, 5.41) is 5.79. The second-order valence-corrected chi connectivity index (χ2v) is 6.64. The Morgan fingerprint density at radius 1 is 1.21 bits per heavy atom. The average Bonchev–Trinajstić information content (AvgIpc) is 3.27. The van der Waals surface area contributed by atoms with E-state index in [4.69, 9.17) is 9.47 Å². The number of para-hydroxylation sites is 2. The van der Waals surface area contributed by atoms with Gasteiger partial charge in [-0.25, -0.2) is 9.78 Å². The molecule has 144 valence electrons. The van der Waals surface area contributed by atoms with Crippen LogP contribution < -0.4 is 20.1 Å². The first-order valence-electron chi connectivity index (χ1n) is 9.20. The van der Waals surface area contributed by atoms with Gasteiger partial charge >= 0.3 is 6.03 Å². The summed E-state index contributed by atoms with van der Waals surface area (Å²) >= 11 is 0. The summed E-state index contributed by atoms with van der Waals surface area (Å²) < 4.78 is 13.4. The number of carbonyl (C=O) groups is 1. The van der Waals surface area contributed by atoms with Crippen LogP contribution in [0, 0.1) is 0 Å². The Kier molecular flexibility index (Phi) is 5.14. The zero-order chi connectivity index (χ0) is 19.3. The van der Waals surface area contributed by atoms with Gasteiger partial charge in [-0.2, -0.15) is 0 Å². The van der Waals surface area contributed by atoms with Crippen molar-refractivity contribution in [1.82, 2.24) is 20.2 Å². The number of hydrogen-bond donors (Lipinski definition) is 2. The minimum absolute atomic E-state index is 0.124. The van der Waals surface area contributed by atoms with E-state index in [1.54, 1.807) is 12.5 Å². The molecule has 2 unspecified atom stereocenters. The van der Waals surface area contributed by atoms with Crippen LogP contribution in [0.1, 0.15) is 18.5 Å². The standard InChI is InChI=1S/C21H22N4O3/c1-15(16-6-8-17(9-7-16)25-11-10-22-14-25)24-21(26)23-12-18-13-27-19-4-2-3-5-20(19)28-18/h2-11,14-15,18H,12-13H2,1H3,(H2,23,24,26). The van der Waals surface area contributed by atoms with Gasteiger partial charge in [0.05, 0.1) is 18.9 Å². The van der Waals surface area contributed by atoms with Crippen molar-refractivity contribution in [2.24, 2.45) is 0 Å². The Morgan fingerprint density at radius 2 is 2.00 bits per heavy atom. The number of urea groups is 1. The zero-order valence-electron chi connectivity index (χ0n) is 15.5. The van der Waals surface area contributed by atoms with Crippen molar-refractivity contribution in [3.8, 4) is 17.2 Å². The number of nitrogens with one attached hydrogen (secondary N) is 2. The fourth-order valence-electron chi connectivity index (χ4n) is 3.05. The van der Waals surface area contributed by atoms with Crippen LogP contribution in [-0.4, -0.2) is 34.8 Å². The summed E-state index contributed by atoms with van der Waals surface area (Å²) in [6, 6.07) is 15.1. The molecule has 7 heteroatoms. The molecule has 7 nitrogen and oxygen atoms in total. The summed E-state index contributed by atoms with van der Waals surface area (Å²) in [7, 11) is 0. The zero-order valence-corrected chi connectivity index (χ0v) is 15.5. The fourth-order valence-corrected chi connectivity index (χ4v) is 3.05. The topological polar surface area (TPSA) is 77.4 Å². The van der Waals surface area contributed by atoms with Gasteiger partial charge in [-0.1, -0.05) is 24.3 Å². The number of ether oxygens (including phenoxy) is 2. The number of imidazole rings is 1. The lowest BCUT2D eigenvalue weighted by molar-refractivity contribution is 0.0917. The van der Waals surface area contributed by atoms with E-state index in [-0.39, 0.29) is 18.2 Å². The van der Waals surface area contributed by atoms with E-state index in [2.05, 4.69) is 15.6 Å². The van der Waals surface area contributed by atoms with E-state index < -0.39 is 0 Å². The van der Waals surface area contributed by atoms with E-state index >= 15 is 0 Å².